The van der Waals surface area contributed by atoms with Crippen molar-refractivity contribution >= 4 is 34.9 Å². The van der Waals surface area contributed by atoms with Crippen LogP contribution in [0.3, 0.4) is 0 Å². The Kier molecular flexibility index (Phi) is 7.28. The summed E-state index contributed by atoms with van der Waals surface area (Å²) in [6, 6.07) is 1.10. The van der Waals surface area contributed by atoms with Crippen molar-refractivity contribution in [1.29, 1.82) is 0 Å². The summed E-state index contributed by atoms with van der Waals surface area (Å²) in [6.07, 6.45) is 5.08. The van der Waals surface area contributed by atoms with Crippen LogP contribution in [-0.2, 0) is 9.53 Å². The minimum atomic E-state index is -0.737. The molecule has 0 saturated carbocycles. The zero-order chi connectivity index (χ0) is 26.0. The fraction of sp³-hybridized carbons (Fsp3) is 0.333. The molecule has 2 amide bonds. The van der Waals surface area contributed by atoms with E-state index in [4.69, 9.17) is 22.1 Å². The second-order valence-corrected chi connectivity index (χ2v) is 8.63. The highest BCUT2D eigenvalue weighted by Crippen LogP contribution is 2.33. The third-order valence-corrected chi connectivity index (χ3v) is 6.39. The van der Waals surface area contributed by atoms with Crippen molar-refractivity contribution in [2.75, 3.05) is 32.6 Å². The molecule has 3 aromatic heterocycles. The Bertz CT molecular complexity index is 1400. The van der Waals surface area contributed by atoms with Crippen LogP contribution in [0.15, 0.2) is 31.1 Å². The van der Waals surface area contributed by atoms with Gasteiger partial charge in [-0.15, -0.1) is 0 Å². The van der Waals surface area contributed by atoms with Gasteiger partial charge in [0.2, 0.25) is 5.91 Å². The van der Waals surface area contributed by atoms with Crippen LogP contribution >= 0.6 is 11.6 Å². The molecule has 0 unspecified atom stereocenters. The van der Waals surface area contributed by atoms with Crippen LogP contribution in [-0.4, -0.2) is 69.2 Å². The Hall–Kier alpha value is -3.88. The largest absolute Gasteiger partial charge is 0.385 e. The molecule has 4 heterocycles. The molecule has 188 valence electrons. The van der Waals surface area contributed by atoms with Crippen LogP contribution in [0.1, 0.15) is 40.5 Å². The van der Waals surface area contributed by atoms with E-state index in [-0.39, 0.29) is 40.0 Å². The van der Waals surface area contributed by atoms with Crippen LogP contribution in [0.2, 0.25) is 5.15 Å². The van der Waals surface area contributed by atoms with Gasteiger partial charge in [0.15, 0.2) is 11.5 Å². The van der Waals surface area contributed by atoms with Crippen molar-refractivity contribution in [2.24, 2.45) is 5.73 Å². The molecule has 2 atom stereocenters. The normalized spacial score (nSPS) is 17.2. The van der Waals surface area contributed by atoms with Gasteiger partial charge in [-0.1, -0.05) is 24.1 Å². The Labute approximate surface area is 211 Å². The fourth-order valence-electron chi connectivity index (χ4n) is 4.43. The van der Waals surface area contributed by atoms with Crippen molar-refractivity contribution in [3.63, 3.8) is 0 Å². The monoisotopic (exact) mass is 513 g/mol. The molecule has 0 radical (unpaired) electrons. The smallest absolute Gasteiger partial charge is 0.255 e. The summed E-state index contributed by atoms with van der Waals surface area (Å²) in [5.74, 6) is 4.33. The number of hydrogen-bond donors (Lipinski definition) is 2. The lowest BCUT2D eigenvalue weighted by Crippen LogP contribution is -2.35. The van der Waals surface area contributed by atoms with Gasteiger partial charge < -0.3 is 20.7 Å². The minimum Gasteiger partial charge on any atom is -0.385 e. The summed E-state index contributed by atoms with van der Waals surface area (Å²) < 4.78 is 22.8. The predicted molar refractivity (Wildman–Crippen MR) is 132 cm³/mol. The number of halogens is 2. The lowest BCUT2D eigenvalue weighted by molar-refractivity contribution is -0.127. The van der Waals surface area contributed by atoms with Gasteiger partial charge in [-0.2, -0.15) is 5.10 Å². The van der Waals surface area contributed by atoms with Gasteiger partial charge in [0.1, 0.15) is 22.2 Å². The average Bonchev–Trinajstić information content (AvgIpc) is 3.55. The maximum Gasteiger partial charge on any atom is 0.255 e. The van der Waals surface area contributed by atoms with Crippen LogP contribution in [0.5, 0.6) is 0 Å². The number of methoxy groups -OCH3 is 1. The van der Waals surface area contributed by atoms with Crippen LogP contribution < -0.4 is 11.1 Å². The Balaban J connectivity index is 1.73. The highest BCUT2D eigenvalue weighted by Gasteiger charge is 2.37. The number of likely N-dealkylation sites (tertiary alicyclic amines) is 1. The van der Waals surface area contributed by atoms with E-state index >= 15 is 0 Å². The van der Waals surface area contributed by atoms with E-state index in [1.165, 1.54) is 28.9 Å². The third-order valence-electron chi connectivity index (χ3n) is 6.11. The number of primary amides is 1. The summed E-state index contributed by atoms with van der Waals surface area (Å²) in [6.45, 7) is 4.43. The highest BCUT2D eigenvalue weighted by atomic mass is 35.5. The van der Waals surface area contributed by atoms with E-state index in [1.54, 1.807) is 23.7 Å². The first kappa shape index (κ1) is 25.2. The molecule has 4 rings (SSSR count). The zero-order valence-corrected chi connectivity index (χ0v) is 20.5. The number of pyridine rings is 1. The lowest BCUT2D eigenvalue weighted by atomic mass is 10.1. The molecule has 1 aliphatic heterocycles. The first-order chi connectivity index (χ1) is 17.3. The Morgan fingerprint density at radius 2 is 2.22 bits per heavy atom. The first-order valence-corrected chi connectivity index (χ1v) is 11.5. The van der Waals surface area contributed by atoms with Crippen LogP contribution in [0.25, 0.3) is 5.65 Å². The molecule has 0 spiro atoms. The predicted octanol–water partition coefficient (Wildman–Crippen LogP) is 2.23. The van der Waals surface area contributed by atoms with Gasteiger partial charge in [-0.25, -0.2) is 14.1 Å². The maximum atomic E-state index is 14.6. The minimum absolute atomic E-state index is 0.0593. The molecule has 0 bridgehead atoms. The SMILES string of the molecule is C=CC(=O)N1C[C@@H](n2nc(C#Cc3cc4ncc(Cl)n4cc3F)c(C(N)=O)c2NC)C[C@@H]1CCOC. The van der Waals surface area contributed by atoms with Crippen LogP contribution in [0, 0.1) is 17.7 Å². The molecule has 36 heavy (non-hydrogen) atoms. The van der Waals surface area contributed by atoms with Crippen molar-refractivity contribution in [1.82, 2.24) is 24.1 Å². The Morgan fingerprint density at radius 1 is 1.44 bits per heavy atom. The molecule has 0 aliphatic carbocycles. The topological polar surface area (TPSA) is 120 Å². The van der Waals surface area contributed by atoms with Gasteiger partial charge >= 0.3 is 0 Å². The number of nitrogens with zero attached hydrogens (tertiary/aromatic N) is 5. The summed E-state index contributed by atoms with van der Waals surface area (Å²) >= 11 is 5.99. The van der Waals surface area contributed by atoms with E-state index in [0.717, 1.165) is 0 Å². The lowest BCUT2D eigenvalue weighted by Gasteiger charge is -2.22. The molecule has 3 N–H and O–H groups in total. The van der Waals surface area contributed by atoms with E-state index < -0.39 is 11.7 Å². The number of ether oxygens (including phenoxy) is 1. The molecule has 1 aliphatic rings. The van der Waals surface area contributed by atoms with E-state index in [9.17, 15) is 14.0 Å². The highest BCUT2D eigenvalue weighted by molar-refractivity contribution is 6.29. The van der Waals surface area contributed by atoms with E-state index in [1.807, 2.05) is 0 Å². The number of imidazole rings is 1. The Morgan fingerprint density at radius 3 is 2.89 bits per heavy atom. The second-order valence-electron chi connectivity index (χ2n) is 8.24. The van der Waals surface area contributed by atoms with Crippen molar-refractivity contribution in [3.05, 3.63) is 58.9 Å². The van der Waals surface area contributed by atoms with Crippen molar-refractivity contribution < 1.29 is 18.7 Å². The fourth-order valence-corrected chi connectivity index (χ4v) is 4.62. The zero-order valence-electron chi connectivity index (χ0n) is 19.8. The van der Waals surface area contributed by atoms with E-state index in [0.29, 0.717) is 37.5 Å². The average molecular weight is 514 g/mol. The summed E-state index contributed by atoms with van der Waals surface area (Å²) in [5, 5.41) is 7.79. The quantitative estimate of drug-likeness (QED) is 0.369. The summed E-state index contributed by atoms with van der Waals surface area (Å²) in [5.41, 5.74) is 6.32. The number of aromatic nitrogens is 4. The van der Waals surface area contributed by atoms with Gasteiger partial charge in [0, 0.05) is 45.6 Å². The second kappa shape index (κ2) is 10.4. The molecule has 12 heteroatoms. The van der Waals surface area contributed by atoms with Crippen LogP contribution in [0.4, 0.5) is 10.2 Å². The number of rotatable bonds is 7. The first-order valence-electron chi connectivity index (χ1n) is 11.1. The molecular weight excluding hydrogens is 489 g/mol. The van der Waals surface area contributed by atoms with E-state index in [2.05, 4.69) is 33.8 Å². The summed E-state index contributed by atoms with van der Waals surface area (Å²) in [7, 11) is 3.24. The number of anilines is 1. The third kappa shape index (κ3) is 4.65. The number of nitrogens with two attached hydrogens (primary N) is 1. The molecular formula is C24H25ClFN7O3. The number of hydrogen-bond acceptors (Lipinski definition) is 6. The molecule has 0 aromatic carbocycles. The van der Waals surface area contributed by atoms with Crippen molar-refractivity contribution in [2.45, 2.75) is 24.9 Å². The molecule has 3 aromatic rings. The van der Waals surface area contributed by atoms with Gasteiger partial charge in [0.25, 0.3) is 5.91 Å². The maximum absolute atomic E-state index is 14.6. The summed E-state index contributed by atoms with van der Waals surface area (Å²) in [4.78, 5) is 30.7. The number of fused-ring (bicyclic) bond motifs is 1. The number of nitrogens with one attached hydrogen (secondary N) is 1. The number of amides is 2. The molecule has 1 saturated heterocycles. The van der Waals surface area contributed by atoms with Gasteiger partial charge in [-0.05, 0) is 24.8 Å². The van der Waals surface area contributed by atoms with Gasteiger partial charge in [-0.3, -0.25) is 14.0 Å². The van der Waals surface area contributed by atoms with Gasteiger partial charge in [0.05, 0.1) is 17.8 Å². The molecule has 1 fully saturated rings. The number of carbonyl (C=O) groups is 2. The number of carbonyl (C=O) groups excluding carboxylic acids is 2. The van der Waals surface area contributed by atoms with Crippen molar-refractivity contribution in [3.8, 4) is 11.8 Å². The molecule has 10 nitrogen and oxygen atoms in total. The standard InChI is InChI=1S/C24H25ClFN7O3/c1-4-21(34)31-12-16(10-15(31)7-8-36-3)33-24(28-2)22(23(27)35)18(30-33)6-5-14-9-20-29-11-19(25)32(20)13-17(14)26/h4,9,11,13,15-16,28H,1,7-8,10,12H2,2-3H3,(H2,27,35)/t15-,16-/m0/s1.